The van der Waals surface area contributed by atoms with Crippen molar-refractivity contribution in [3.8, 4) is 46.6 Å². The quantitative estimate of drug-likeness (QED) is 0.0657. The third kappa shape index (κ3) is 31.2. The molecule has 439 valence electrons. The van der Waals surface area contributed by atoms with Crippen molar-refractivity contribution in [3.63, 3.8) is 0 Å². The molecule has 0 bridgehead atoms. The van der Waals surface area contributed by atoms with E-state index in [-0.39, 0.29) is 322 Å². The van der Waals surface area contributed by atoms with E-state index in [9.17, 15) is 10.5 Å². The number of ether oxygens (including phenoxy) is 6. The van der Waals surface area contributed by atoms with Crippen LogP contribution in [0.25, 0.3) is 0 Å². The van der Waals surface area contributed by atoms with Gasteiger partial charge in [0.2, 0.25) is 0 Å². The van der Waals surface area contributed by atoms with Crippen molar-refractivity contribution < 1.29 is 323 Å². The van der Waals surface area contributed by atoms with Crippen LogP contribution in [0.15, 0.2) is 195 Å². The molecule has 0 aliphatic heterocycles. The minimum Gasteiger partial charge on any atom is -0.548 e. The van der Waals surface area contributed by atoms with Crippen LogP contribution in [-0.4, -0.2) is 0 Å². The first kappa shape index (κ1) is 96.7. The van der Waals surface area contributed by atoms with Crippen molar-refractivity contribution in [2.45, 2.75) is 67.3 Å². The molecular formula is C66H64Br2Cl3N2O6Y9-3. The fraction of sp³-hybridized carbons (Fsp3) is 0.288. The zero-order chi connectivity index (χ0) is 56.7. The summed E-state index contributed by atoms with van der Waals surface area (Å²) in [4.78, 5) is 0. The summed E-state index contributed by atoms with van der Waals surface area (Å²) < 4.78 is 36.3. The number of benzene rings is 6. The van der Waals surface area contributed by atoms with Gasteiger partial charge in [-0.05, 0) is 146 Å². The Kier molecular flexibility index (Phi) is 53.2. The van der Waals surface area contributed by atoms with Crippen LogP contribution in [-0.2, 0) is 315 Å². The zero-order valence-electron chi connectivity index (χ0n) is 50.3. The van der Waals surface area contributed by atoms with Gasteiger partial charge in [-0.25, -0.2) is 19.8 Å². The van der Waals surface area contributed by atoms with Gasteiger partial charge in [0.05, 0.1) is 15.5 Å². The van der Waals surface area contributed by atoms with E-state index in [0.717, 1.165) is 48.1 Å². The Hall–Kier alpha value is 4.57. The monoisotopic (exact) mass is 2040 g/mol. The molecule has 0 aromatic heterocycles. The van der Waals surface area contributed by atoms with Crippen LogP contribution in [0.1, 0.15) is 77.4 Å². The molecule has 0 spiro atoms. The van der Waals surface area contributed by atoms with E-state index in [2.05, 4.69) is 97.7 Å². The standard InChI is InChI=1S/C23H23ClNO2.C22H20Br2NO2.C21H21Cl2O2.9Y/c1-16(24)12-20-21(23(20,2)3)15-26-22(14-25)17-8-7-11-19(13-17)27-18-9-5-4-6-10-18;1-22(2)18(12-21(23)24)19(22)14-26-20(13-25)15-7-6-10-17(11-15)27-16-8-4-3-5-9-16;1-21(2)18(12-20(22)23)19(21)14-24-13-15-7-6-10-17(11-15)25-16-8-4-3-5-9-16;;;;;;;;;/h4-13,15,20-22H,1-3H3;3-12,14,18-20H,1-2H3;3-12,14,18-19H,13H2,1-2H3;;;;;;;;;/q3*-1;;;;;;;;;/b16-12-;;;;;;;;;;;. The van der Waals surface area contributed by atoms with E-state index in [0.29, 0.717) is 46.3 Å². The molecule has 3 saturated carbocycles. The predicted octanol–water partition coefficient (Wildman–Crippen LogP) is 20.5. The third-order valence-corrected chi connectivity index (χ3v) is 15.5. The molecule has 6 aromatic carbocycles. The number of hydrogen-bond acceptors (Lipinski definition) is 8. The van der Waals surface area contributed by atoms with Crippen LogP contribution in [0.2, 0.25) is 0 Å². The van der Waals surface area contributed by atoms with Crippen molar-refractivity contribution in [2.24, 2.45) is 51.8 Å². The maximum absolute atomic E-state index is 9.57. The zero-order valence-corrected chi connectivity index (χ0v) is 81.3. The summed E-state index contributed by atoms with van der Waals surface area (Å²) in [5, 5.41) is 19.9. The van der Waals surface area contributed by atoms with E-state index < -0.39 is 12.2 Å². The summed E-state index contributed by atoms with van der Waals surface area (Å²) in [5.41, 5.74) is 2.94. The predicted molar refractivity (Wildman–Crippen MR) is 323 cm³/mol. The van der Waals surface area contributed by atoms with Gasteiger partial charge < -0.3 is 28.4 Å². The van der Waals surface area contributed by atoms with Crippen LogP contribution in [0.4, 0.5) is 0 Å². The minimum atomic E-state index is -0.678. The summed E-state index contributed by atoms with van der Waals surface area (Å²) in [5.74, 6) is 6.34. The SMILES string of the molecule is C/C(Cl)=C/C1C([CH-]OC(C#N)c2cccc(Oc3ccccc3)c2)C1(C)C.CC1(C)C(C=C(Br)Br)C1[CH-]OC(C#N)c1cccc(Oc2ccccc2)c1.CC1(C)C(C=C(Cl)Cl)C1[CH-]OCc1cccc(Oc2ccccc2)c1.[Y].[Y].[Y].[Y].[Y].[Y].[Y].[Y].[Y]. The van der Waals surface area contributed by atoms with Gasteiger partial charge in [0.25, 0.3) is 0 Å². The number of nitriles is 2. The molecule has 9 rings (SSSR count). The Balaban J connectivity index is -0.00000117. The van der Waals surface area contributed by atoms with Crippen molar-refractivity contribution in [3.05, 3.63) is 231 Å². The minimum absolute atomic E-state index is 0. The molecule has 3 aliphatic rings. The molecule has 0 amide bonds. The van der Waals surface area contributed by atoms with Gasteiger partial charge in [0, 0.05) is 306 Å². The van der Waals surface area contributed by atoms with Gasteiger partial charge in [0.1, 0.15) is 51.2 Å². The van der Waals surface area contributed by atoms with Gasteiger partial charge >= 0.3 is 0 Å². The maximum atomic E-state index is 9.57. The van der Waals surface area contributed by atoms with Crippen LogP contribution < -0.4 is 14.2 Å². The van der Waals surface area contributed by atoms with Crippen molar-refractivity contribution in [2.75, 3.05) is 0 Å². The van der Waals surface area contributed by atoms with Gasteiger partial charge in [-0.3, -0.25) is 0 Å². The van der Waals surface area contributed by atoms with Gasteiger partial charge in [-0.1, -0.05) is 202 Å². The molecule has 0 heterocycles. The largest absolute Gasteiger partial charge is 0.548 e. The smallest absolute Gasteiger partial charge is 0.139 e. The summed E-state index contributed by atoms with van der Waals surface area (Å²) in [6.45, 7) is 21.0. The first-order chi connectivity index (χ1) is 37.8. The summed E-state index contributed by atoms with van der Waals surface area (Å²) in [6, 6.07) is 56.1. The summed E-state index contributed by atoms with van der Waals surface area (Å²) in [7, 11) is 0. The molecule has 3 fully saturated rings. The average Bonchev–Trinajstić information content (AvgIpc) is 1.65. The molecule has 22 heteroatoms. The molecular weight excluding hydrogens is 1980 g/mol. The Labute approximate surface area is 781 Å². The molecule has 88 heavy (non-hydrogen) atoms. The molecule has 3 aliphatic carbocycles. The Morgan fingerprint density at radius 2 is 0.795 bits per heavy atom. The van der Waals surface area contributed by atoms with E-state index in [1.165, 1.54) is 0 Å². The Morgan fingerprint density at radius 1 is 0.466 bits per heavy atom. The second kappa shape index (κ2) is 48.4. The number of allylic oxidation sites excluding steroid dienone is 4. The number of nitrogens with zero attached hydrogens (tertiary/aromatic N) is 2. The fourth-order valence-electron chi connectivity index (χ4n) is 9.41. The third-order valence-electron chi connectivity index (χ3n) is 14.6. The molecule has 8 nitrogen and oxygen atoms in total. The number of para-hydroxylation sites is 3. The Bertz CT molecular complexity index is 3010. The first-order valence-corrected chi connectivity index (χ1v) is 28.6. The Morgan fingerprint density at radius 3 is 1.15 bits per heavy atom. The second-order valence-electron chi connectivity index (χ2n) is 21.3. The first-order valence-electron chi connectivity index (χ1n) is 25.9. The number of rotatable bonds is 21. The fourth-order valence-corrected chi connectivity index (χ4v) is 10.4. The molecule has 9 radical (unpaired) electrons. The van der Waals surface area contributed by atoms with Crippen LogP contribution in [0.5, 0.6) is 34.5 Å². The van der Waals surface area contributed by atoms with E-state index in [4.69, 9.17) is 63.2 Å². The van der Waals surface area contributed by atoms with E-state index in [1.54, 1.807) is 6.61 Å². The second-order valence-corrected chi connectivity index (χ2v) is 25.7. The number of hydrogen-bond donors (Lipinski definition) is 0. The van der Waals surface area contributed by atoms with Crippen LogP contribution in [0, 0.1) is 94.2 Å². The van der Waals surface area contributed by atoms with Crippen molar-refractivity contribution in [1.82, 2.24) is 0 Å². The van der Waals surface area contributed by atoms with Crippen LogP contribution >= 0.6 is 66.7 Å². The maximum Gasteiger partial charge on any atom is 0.139 e. The summed E-state index contributed by atoms with van der Waals surface area (Å²) >= 11 is 24.4. The van der Waals surface area contributed by atoms with Gasteiger partial charge in [-0.2, -0.15) is 10.5 Å². The average molecular weight is 2050 g/mol. The molecule has 6 aromatic rings. The van der Waals surface area contributed by atoms with Gasteiger partial charge in [-0.15, -0.1) is 17.8 Å². The molecule has 8 atom stereocenters. The van der Waals surface area contributed by atoms with Crippen molar-refractivity contribution >= 4 is 66.7 Å². The normalized spacial score (nSPS) is 19.1. The molecule has 8 unspecified atom stereocenters. The topological polar surface area (TPSA) is 103 Å². The van der Waals surface area contributed by atoms with Crippen LogP contribution in [0.3, 0.4) is 0 Å². The number of halogens is 5. The molecule has 0 N–H and O–H groups in total. The summed E-state index contributed by atoms with van der Waals surface area (Å²) in [6.07, 6.45) is 4.73. The molecule has 0 saturated heterocycles. The van der Waals surface area contributed by atoms with E-state index in [1.807, 2.05) is 190 Å². The van der Waals surface area contributed by atoms with Gasteiger partial charge in [0.15, 0.2) is 0 Å². The van der Waals surface area contributed by atoms with Crippen molar-refractivity contribution in [1.29, 1.82) is 10.5 Å². The van der Waals surface area contributed by atoms with E-state index >= 15 is 0 Å².